The van der Waals surface area contributed by atoms with Crippen molar-refractivity contribution < 1.29 is 14.6 Å². The number of para-hydroxylation sites is 1. The van der Waals surface area contributed by atoms with Gasteiger partial charge in [-0.1, -0.05) is 41.6 Å². The van der Waals surface area contributed by atoms with Crippen molar-refractivity contribution in [3.63, 3.8) is 0 Å². The van der Waals surface area contributed by atoms with Gasteiger partial charge in [0.2, 0.25) is 0 Å². The molecule has 1 fully saturated rings. The predicted molar refractivity (Wildman–Crippen MR) is 99.7 cm³/mol. The maximum Gasteiger partial charge on any atom is 0.320 e. The van der Waals surface area contributed by atoms with E-state index in [0.717, 1.165) is 34.9 Å². The van der Waals surface area contributed by atoms with E-state index in [-0.39, 0.29) is 6.04 Å². The lowest BCUT2D eigenvalue weighted by Crippen LogP contribution is -2.38. The lowest BCUT2D eigenvalue weighted by Gasteiger charge is -2.21. The molecule has 1 unspecified atom stereocenters. The molecule has 0 saturated carbocycles. The van der Waals surface area contributed by atoms with Gasteiger partial charge in [0.25, 0.3) is 0 Å². The highest BCUT2D eigenvalue weighted by atomic mass is 35.5. The van der Waals surface area contributed by atoms with Gasteiger partial charge < -0.3 is 9.84 Å². The van der Waals surface area contributed by atoms with Crippen LogP contribution in [-0.2, 0) is 4.79 Å². The molecule has 1 saturated heterocycles. The van der Waals surface area contributed by atoms with Crippen molar-refractivity contribution in [3.8, 4) is 5.75 Å². The van der Waals surface area contributed by atoms with Crippen molar-refractivity contribution in [3.05, 3.63) is 53.6 Å². The van der Waals surface area contributed by atoms with E-state index in [2.05, 4.69) is 0 Å². The fraction of sp³-hybridized carbons (Fsp3) is 0.316. The van der Waals surface area contributed by atoms with Crippen LogP contribution in [0.1, 0.15) is 12.8 Å². The first-order chi connectivity index (χ1) is 12.1. The molecule has 1 atom stereocenters. The Morgan fingerprint density at radius 3 is 2.92 bits per heavy atom. The first-order valence-corrected chi connectivity index (χ1v) is 9.45. The zero-order valence-corrected chi connectivity index (χ0v) is 15.3. The lowest BCUT2D eigenvalue weighted by molar-refractivity contribution is -0.142. The summed E-state index contributed by atoms with van der Waals surface area (Å²) < 4.78 is 5.94. The normalized spacial score (nSPS) is 17.6. The summed E-state index contributed by atoms with van der Waals surface area (Å²) in [4.78, 5) is 15.3. The molecule has 3 rings (SSSR count). The van der Waals surface area contributed by atoms with E-state index >= 15 is 0 Å². The molecule has 0 amide bonds. The summed E-state index contributed by atoms with van der Waals surface area (Å²) in [5.41, 5.74) is 0. The van der Waals surface area contributed by atoms with Crippen LogP contribution in [0, 0.1) is 0 Å². The predicted octanol–water partition coefficient (Wildman–Crippen LogP) is 4.42. The van der Waals surface area contributed by atoms with Gasteiger partial charge in [-0.05, 0) is 49.7 Å². The molecule has 25 heavy (non-hydrogen) atoms. The molecule has 0 aliphatic carbocycles. The quantitative estimate of drug-likeness (QED) is 0.774. The van der Waals surface area contributed by atoms with Crippen LogP contribution in [0.5, 0.6) is 5.75 Å². The van der Waals surface area contributed by atoms with E-state index in [1.54, 1.807) is 11.8 Å². The number of benzene rings is 2. The maximum absolute atomic E-state index is 11.2. The molecule has 2 aromatic carbocycles. The Labute approximate surface area is 156 Å². The molecule has 0 aromatic heterocycles. The van der Waals surface area contributed by atoms with E-state index in [1.807, 2.05) is 53.4 Å². The third kappa shape index (κ3) is 4.91. The first-order valence-electron chi connectivity index (χ1n) is 8.25. The van der Waals surface area contributed by atoms with Crippen molar-refractivity contribution in [1.82, 2.24) is 4.90 Å². The van der Waals surface area contributed by atoms with Crippen molar-refractivity contribution in [2.24, 2.45) is 0 Å². The van der Waals surface area contributed by atoms with Crippen molar-refractivity contribution in [2.75, 3.05) is 19.7 Å². The molecule has 4 nitrogen and oxygen atoms in total. The van der Waals surface area contributed by atoms with Crippen LogP contribution in [0.2, 0.25) is 5.02 Å². The van der Waals surface area contributed by atoms with Crippen LogP contribution in [0.15, 0.2) is 58.3 Å². The smallest absolute Gasteiger partial charge is 0.320 e. The van der Waals surface area contributed by atoms with Crippen LogP contribution in [0.3, 0.4) is 0 Å². The third-order valence-electron chi connectivity index (χ3n) is 4.16. The fourth-order valence-electron chi connectivity index (χ4n) is 2.96. The number of carboxylic acids is 1. The highest BCUT2D eigenvalue weighted by molar-refractivity contribution is 7.99. The van der Waals surface area contributed by atoms with Crippen LogP contribution in [0.4, 0.5) is 0 Å². The second-order valence-corrected chi connectivity index (χ2v) is 7.44. The Kier molecular flexibility index (Phi) is 6.24. The summed E-state index contributed by atoms with van der Waals surface area (Å²) >= 11 is 7.65. The minimum absolute atomic E-state index is 0.375. The zero-order valence-electron chi connectivity index (χ0n) is 13.7. The number of carbonyl (C=O) groups is 1. The number of likely N-dealkylation sites (tertiary alicyclic amines) is 1. The lowest BCUT2D eigenvalue weighted by atomic mass is 10.2. The van der Waals surface area contributed by atoms with Crippen LogP contribution >= 0.6 is 23.4 Å². The van der Waals surface area contributed by atoms with E-state index in [1.165, 1.54) is 0 Å². The van der Waals surface area contributed by atoms with Gasteiger partial charge in [-0.3, -0.25) is 9.69 Å². The second-order valence-electron chi connectivity index (χ2n) is 5.89. The molecule has 1 N–H and O–H groups in total. The number of hydrogen-bond donors (Lipinski definition) is 1. The Hall–Kier alpha value is -1.69. The average Bonchev–Trinajstić information content (AvgIpc) is 3.05. The van der Waals surface area contributed by atoms with E-state index in [0.29, 0.717) is 18.2 Å². The number of carboxylic acid groups (broad SMARTS) is 1. The Bertz CT molecular complexity index is 740. The molecule has 1 heterocycles. The zero-order chi connectivity index (χ0) is 17.6. The second kappa shape index (κ2) is 8.61. The van der Waals surface area contributed by atoms with Gasteiger partial charge in [0.15, 0.2) is 0 Å². The maximum atomic E-state index is 11.2. The number of rotatable bonds is 7. The van der Waals surface area contributed by atoms with Crippen LogP contribution in [0.25, 0.3) is 0 Å². The molecule has 0 radical (unpaired) electrons. The molecular formula is C19H20ClNO3S. The highest BCUT2D eigenvalue weighted by Gasteiger charge is 2.29. The van der Waals surface area contributed by atoms with Gasteiger partial charge in [0.05, 0.1) is 4.90 Å². The minimum Gasteiger partial charge on any atom is -0.491 e. The van der Waals surface area contributed by atoms with Gasteiger partial charge in [-0.25, -0.2) is 0 Å². The molecule has 0 bridgehead atoms. The average molecular weight is 378 g/mol. The monoisotopic (exact) mass is 377 g/mol. The highest BCUT2D eigenvalue weighted by Crippen LogP contribution is 2.35. The summed E-state index contributed by atoms with van der Waals surface area (Å²) in [6.45, 7) is 1.91. The molecule has 6 heteroatoms. The Morgan fingerprint density at radius 2 is 2.12 bits per heavy atom. The number of ether oxygens (including phenoxy) is 1. The SMILES string of the molecule is O=C(O)C1CCCN1CCOc1ccccc1Sc1cccc(Cl)c1. The van der Waals surface area contributed by atoms with Gasteiger partial charge in [0, 0.05) is 16.5 Å². The summed E-state index contributed by atoms with van der Waals surface area (Å²) in [5.74, 6) is 0.0629. The number of aliphatic carboxylic acids is 1. The molecule has 1 aliphatic rings. The molecule has 0 spiro atoms. The topological polar surface area (TPSA) is 49.8 Å². The van der Waals surface area contributed by atoms with Crippen molar-refractivity contribution in [2.45, 2.75) is 28.7 Å². The summed E-state index contributed by atoms with van der Waals surface area (Å²) in [6.07, 6.45) is 1.65. The summed E-state index contributed by atoms with van der Waals surface area (Å²) in [7, 11) is 0. The van der Waals surface area contributed by atoms with Gasteiger partial charge >= 0.3 is 5.97 Å². The number of halogens is 1. The Balaban J connectivity index is 1.60. The minimum atomic E-state index is -0.741. The summed E-state index contributed by atoms with van der Waals surface area (Å²) in [6, 6.07) is 15.2. The van der Waals surface area contributed by atoms with Crippen molar-refractivity contribution in [1.29, 1.82) is 0 Å². The molecule has 1 aliphatic heterocycles. The summed E-state index contributed by atoms with van der Waals surface area (Å²) in [5, 5.41) is 9.94. The first kappa shape index (κ1) is 18.1. The largest absolute Gasteiger partial charge is 0.491 e. The number of hydrogen-bond acceptors (Lipinski definition) is 4. The van der Waals surface area contributed by atoms with E-state index < -0.39 is 5.97 Å². The molecule has 2 aromatic rings. The molecular weight excluding hydrogens is 358 g/mol. The fourth-order valence-corrected chi connectivity index (χ4v) is 4.17. The van der Waals surface area contributed by atoms with Crippen LogP contribution in [-0.4, -0.2) is 41.7 Å². The van der Waals surface area contributed by atoms with E-state index in [9.17, 15) is 9.90 Å². The van der Waals surface area contributed by atoms with Crippen LogP contribution < -0.4 is 4.74 Å². The van der Waals surface area contributed by atoms with Crippen molar-refractivity contribution >= 4 is 29.3 Å². The standard InChI is InChI=1S/C19H20ClNO3S/c20-14-5-3-6-15(13-14)25-18-9-2-1-8-17(18)24-12-11-21-10-4-7-16(21)19(22)23/h1-3,5-6,8-9,13,16H,4,7,10-12H2,(H,22,23). The van der Waals surface area contributed by atoms with Gasteiger partial charge in [0.1, 0.15) is 18.4 Å². The number of nitrogens with zero attached hydrogens (tertiary/aromatic N) is 1. The molecule has 132 valence electrons. The van der Waals surface area contributed by atoms with E-state index in [4.69, 9.17) is 16.3 Å². The van der Waals surface area contributed by atoms with Gasteiger partial charge in [-0.2, -0.15) is 0 Å². The van der Waals surface area contributed by atoms with Gasteiger partial charge in [-0.15, -0.1) is 0 Å². The third-order valence-corrected chi connectivity index (χ3v) is 5.44. The Morgan fingerprint density at radius 1 is 1.28 bits per heavy atom.